The Hall–Kier alpha value is -1.21. The summed E-state index contributed by atoms with van der Waals surface area (Å²) in [4.78, 5) is 20.3. The lowest BCUT2D eigenvalue weighted by molar-refractivity contribution is -0.131. The second-order valence-corrected chi connectivity index (χ2v) is 5.31. The van der Waals surface area contributed by atoms with E-state index in [2.05, 4.69) is 14.3 Å². The van der Waals surface area contributed by atoms with E-state index in [1.165, 1.54) is 11.5 Å². The van der Waals surface area contributed by atoms with E-state index in [-0.39, 0.29) is 5.91 Å². The highest BCUT2D eigenvalue weighted by Gasteiger charge is 2.22. The van der Waals surface area contributed by atoms with Gasteiger partial charge in [0.1, 0.15) is 5.82 Å². The third-order valence-electron chi connectivity index (χ3n) is 2.98. The van der Waals surface area contributed by atoms with Gasteiger partial charge in [0, 0.05) is 37.7 Å². The number of aryl methyl sites for hydroxylation is 1. The standard InChI is InChI=1S/C11H19N5OS/c1-8(12)10(17)15-4-3-5-16(7-6-15)11-13-9(2)14-18-11/h8H,3-7,12H2,1-2H3. The molecule has 1 saturated heterocycles. The molecule has 1 aliphatic heterocycles. The van der Waals surface area contributed by atoms with Crippen LogP contribution >= 0.6 is 11.5 Å². The Morgan fingerprint density at radius 3 is 2.78 bits per heavy atom. The van der Waals surface area contributed by atoms with Crippen LogP contribution in [0.25, 0.3) is 0 Å². The van der Waals surface area contributed by atoms with Gasteiger partial charge < -0.3 is 15.5 Å². The molecule has 1 atom stereocenters. The highest BCUT2D eigenvalue weighted by molar-refractivity contribution is 7.09. The molecule has 100 valence electrons. The number of carbonyl (C=O) groups is 1. The van der Waals surface area contributed by atoms with Crippen molar-refractivity contribution >= 4 is 22.6 Å². The van der Waals surface area contributed by atoms with Crippen LogP contribution in [0.15, 0.2) is 0 Å². The summed E-state index contributed by atoms with van der Waals surface area (Å²) in [7, 11) is 0. The van der Waals surface area contributed by atoms with E-state index in [0.29, 0.717) is 6.54 Å². The van der Waals surface area contributed by atoms with Crippen molar-refractivity contribution < 1.29 is 4.79 Å². The largest absolute Gasteiger partial charge is 0.345 e. The molecule has 1 amide bonds. The van der Waals surface area contributed by atoms with Gasteiger partial charge in [-0.05, 0) is 20.3 Å². The molecular formula is C11H19N5OS. The number of anilines is 1. The average molecular weight is 269 g/mol. The minimum absolute atomic E-state index is 0.0327. The minimum atomic E-state index is -0.416. The second kappa shape index (κ2) is 5.62. The van der Waals surface area contributed by atoms with Gasteiger partial charge in [0.05, 0.1) is 6.04 Å². The molecule has 0 spiro atoms. The van der Waals surface area contributed by atoms with Crippen LogP contribution in [0, 0.1) is 6.92 Å². The Morgan fingerprint density at radius 2 is 2.17 bits per heavy atom. The van der Waals surface area contributed by atoms with Crippen LogP contribution in [0.4, 0.5) is 5.13 Å². The Kier molecular flexibility index (Phi) is 4.13. The Bertz CT molecular complexity index is 419. The number of nitrogens with zero attached hydrogens (tertiary/aromatic N) is 4. The van der Waals surface area contributed by atoms with E-state index >= 15 is 0 Å². The van der Waals surface area contributed by atoms with Gasteiger partial charge in [-0.25, -0.2) is 4.98 Å². The van der Waals surface area contributed by atoms with Crippen LogP contribution in [0.3, 0.4) is 0 Å². The van der Waals surface area contributed by atoms with E-state index < -0.39 is 6.04 Å². The highest BCUT2D eigenvalue weighted by Crippen LogP contribution is 2.18. The van der Waals surface area contributed by atoms with Crippen molar-refractivity contribution in [1.29, 1.82) is 0 Å². The summed E-state index contributed by atoms with van der Waals surface area (Å²) in [5.74, 6) is 0.841. The Morgan fingerprint density at radius 1 is 1.39 bits per heavy atom. The second-order valence-electron chi connectivity index (χ2n) is 4.58. The van der Waals surface area contributed by atoms with Crippen LogP contribution in [0.5, 0.6) is 0 Å². The molecule has 0 aliphatic carbocycles. The number of nitrogens with two attached hydrogens (primary N) is 1. The summed E-state index contributed by atoms with van der Waals surface area (Å²) >= 11 is 1.42. The molecule has 1 unspecified atom stereocenters. The summed E-state index contributed by atoms with van der Waals surface area (Å²) in [6, 6.07) is -0.416. The van der Waals surface area contributed by atoms with Gasteiger partial charge in [0.2, 0.25) is 11.0 Å². The molecule has 0 bridgehead atoms. The van der Waals surface area contributed by atoms with Gasteiger partial charge in [-0.15, -0.1) is 0 Å². The van der Waals surface area contributed by atoms with E-state index in [0.717, 1.165) is 37.0 Å². The van der Waals surface area contributed by atoms with Crippen LogP contribution < -0.4 is 10.6 Å². The molecule has 1 fully saturated rings. The van der Waals surface area contributed by atoms with Gasteiger partial charge in [0.15, 0.2) is 0 Å². The number of hydrogen-bond donors (Lipinski definition) is 1. The van der Waals surface area contributed by atoms with Crippen molar-refractivity contribution in [1.82, 2.24) is 14.3 Å². The molecule has 7 heteroatoms. The zero-order valence-electron chi connectivity index (χ0n) is 10.8. The summed E-state index contributed by atoms with van der Waals surface area (Å²) in [5.41, 5.74) is 5.64. The fourth-order valence-electron chi connectivity index (χ4n) is 2.03. The molecule has 6 nitrogen and oxygen atoms in total. The molecular weight excluding hydrogens is 250 g/mol. The predicted octanol–water partition coefficient (Wildman–Crippen LogP) is 0.232. The van der Waals surface area contributed by atoms with Crippen molar-refractivity contribution in [2.45, 2.75) is 26.3 Å². The van der Waals surface area contributed by atoms with Crippen molar-refractivity contribution in [3.8, 4) is 0 Å². The maximum Gasteiger partial charge on any atom is 0.239 e. The number of rotatable bonds is 2. The molecule has 1 aromatic heterocycles. The first kappa shape index (κ1) is 13.2. The number of carbonyl (C=O) groups excluding carboxylic acids is 1. The van der Waals surface area contributed by atoms with Crippen LogP contribution in [0.2, 0.25) is 0 Å². The van der Waals surface area contributed by atoms with Crippen molar-refractivity contribution in [2.75, 3.05) is 31.1 Å². The third-order valence-corrected chi connectivity index (χ3v) is 3.85. The van der Waals surface area contributed by atoms with Crippen LogP contribution in [-0.4, -0.2) is 52.4 Å². The number of amides is 1. The summed E-state index contributed by atoms with van der Waals surface area (Å²) in [5, 5.41) is 0.947. The summed E-state index contributed by atoms with van der Waals surface area (Å²) in [6.45, 7) is 6.82. The Balaban J connectivity index is 1.98. The molecule has 2 N–H and O–H groups in total. The first-order chi connectivity index (χ1) is 8.58. The van der Waals surface area contributed by atoms with Gasteiger partial charge in [-0.1, -0.05) is 0 Å². The fourth-order valence-corrected chi connectivity index (χ4v) is 2.76. The maximum absolute atomic E-state index is 11.9. The lowest BCUT2D eigenvalue weighted by Gasteiger charge is -2.22. The smallest absolute Gasteiger partial charge is 0.239 e. The van der Waals surface area contributed by atoms with Gasteiger partial charge in [-0.3, -0.25) is 4.79 Å². The molecule has 2 rings (SSSR count). The zero-order valence-corrected chi connectivity index (χ0v) is 11.6. The first-order valence-electron chi connectivity index (χ1n) is 6.17. The molecule has 0 radical (unpaired) electrons. The van der Waals surface area contributed by atoms with E-state index in [4.69, 9.17) is 5.73 Å². The van der Waals surface area contributed by atoms with Gasteiger partial charge in [0.25, 0.3) is 0 Å². The topological polar surface area (TPSA) is 75.4 Å². The molecule has 1 aliphatic rings. The minimum Gasteiger partial charge on any atom is -0.345 e. The molecule has 0 aromatic carbocycles. The SMILES string of the molecule is Cc1nsc(N2CCCN(C(=O)C(C)N)CC2)n1. The lowest BCUT2D eigenvalue weighted by Crippen LogP contribution is -2.43. The Labute approximate surface area is 111 Å². The van der Waals surface area contributed by atoms with Crippen LogP contribution in [0.1, 0.15) is 19.2 Å². The van der Waals surface area contributed by atoms with Crippen LogP contribution in [-0.2, 0) is 4.79 Å². The monoisotopic (exact) mass is 269 g/mol. The number of hydrogen-bond acceptors (Lipinski definition) is 6. The molecule has 0 saturated carbocycles. The molecule has 1 aromatic rings. The fraction of sp³-hybridized carbons (Fsp3) is 0.727. The first-order valence-corrected chi connectivity index (χ1v) is 6.95. The van der Waals surface area contributed by atoms with Crippen molar-refractivity contribution in [2.24, 2.45) is 5.73 Å². The predicted molar refractivity (Wildman–Crippen MR) is 71.7 cm³/mol. The van der Waals surface area contributed by atoms with Crippen molar-refractivity contribution in [3.63, 3.8) is 0 Å². The maximum atomic E-state index is 11.9. The average Bonchev–Trinajstić information content (AvgIpc) is 2.63. The lowest BCUT2D eigenvalue weighted by atomic mass is 10.3. The summed E-state index contributed by atoms with van der Waals surface area (Å²) < 4.78 is 4.19. The van der Waals surface area contributed by atoms with E-state index in [1.54, 1.807) is 6.92 Å². The summed E-state index contributed by atoms with van der Waals surface area (Å²) in [6.07, 6.45) is 0.942. The van der Waals surface area contributed by atoms with E-state index in [1.807, 2.05) is 11.8 Å². The van der Waals surface area contributed by atoms with Crippen molar-refractivity contribution in [3.05, 3.63) is 5.82 Å². The molecule has 18 heavy (non-hydrogen) atoms. The van der Waals surface area contributed by atoms with Gasteiger partial charge in [-0.2, -0.15) is 4.37 Å². The normalized spacial score (nSPS) is 18.6. The van der Waals surface area contributed by atoms with E-state index in [9.17, 15) is 4.79 Å². The quantitative estimate of drug-likeness (QED) is 0.832. The third kappa shape index (κ3) is 2.97. The number of aromatic nitrogens is 2. The zero-order chi connectivity index (χ0) is 13.1. The highest BCUT2D eigenvalue weighted by atomic mass is 32.1. The molecule has 2 heterocycles. The van der Waals surface area contributed by atoms with Gasteiger partial charge >= 0.3 is 0 Å².